The van der Waals surface area contributed by atoms with Gasteiger partial charge in [-0.25, -0.2) is 0 Å². The van der Waals surface area contributed by atoms with Crippen LogP contribution in [0, 0.1) is 17.3 Å². The van der Waals surface area contributed by atoms with Crippen molar-refractivity contribution in [3.63, 3.8) is 0 Å². The summed E-state index contributed by atoms with van der Waals surface area (Å²) in [5.74, 6) is -0.632. The molecule has 4 nitrogen and oxygen atoms in total. The smallest absolute Gasteiger partial charge is 0.323 e. The van der Waals surface area contributed by atoms with Crippen molar-refractivity contribution in [2.45, 2.75) is 33.1 Å². The summed E-state index contributed by atoms with van der Waals surface area (Å²) in [6.45, 7) is 4.04. The highest BCUT2D eigenvalue weighted by atomic mass is 16.6. The summed E-state index contributed by atoms with van der Waals surface area (Å²) in [7, 11) is 0. The number of esters is 2. The molecular formula is C22H26O4. The third kappa shape index (κ3) is 3.46. The normalized spacial score (nSPS) is 23.5. The van der Waals surface area contributed by atoms with E-state index in [1.807, 2.05) is 18.2 Å². The number of fused-ring (bicyclic) bond motifs is 1. The van der Waals surface area contributed by atoms with Crippen LogP contribution in [0.2, 0.25) is 0 Å². The van der Waals surface area contributed by atoms with Gasteiger partial charge in [-0.05, 0) is 56.1 Å². The third-order valence-corrected chi connectivity index (χ3v) is 5.33. The topological polar surface area (TPSA) is 52.6 Å². The molecule has 0 aromatic heterocycles. The first kappa shape index (κ1) is 18.4. The predicted octanol–water partition coefficient (Wildman–Crippen LogP) is 4.17. The van der Waals surface area contributed by atoms with Crippen LogP contribution in [-0.4, -0.2) is 25.2 Å². The van der Waals surface area contributed by atoms with Gasteiger partial charge >= 0.3 is 11.9 Å². The lowest BCUT2D eigenvalue weighted by atomic mass is 9.84. The van der Waals surface area contributed by atoms with Crippen molar-refractivity contribution in [2.75, 3.05) is 13.2 Å². The lowest BCUT2D eigenvalue weighted by Crippen LogP contribution is -2.40. The lowest BCUT2D eigenvalue weighted by molar-refractivity contribution is -0.171. The molecule has 0 unspecified atom stereocenters. The van der Waals surface area contributed by atoms with Crippen LogP contribution in [0.3, 0.4) is 0 Å². The number of hydrogen-bond acceptors (Lipinski definition) is 4. The molecule has 1 aromatic carbocycles. The Balaban J connectivity index is 1.93. The summed E-state index contributed by atoms with van der Waals surface area (Å²) in [6, 6.07) is 10.2. The second-order valence-corrected chi connectivity index (χ2v) is 6.95. The maximum absolute atomic E-state index is 12.7. The molecule has 4 heteroatoms. The second kappa shape index (κ2) is 7.90. The van der Waals surface area contributed by atoms with Gasteiger partial charge in [0.25, 0.3) is 0 Å². The Morgan fingerprint density at radius 1 is 1.00 bits per heavy atom. The maximum atomic E-state index is 12.7. The molecule has 2 aliphatic carbocycles. The molecule has 0 bridgehead atoms. The van der Waals surface area contributed by atoms with Gasteiger partial charge in [0.1, 0.15) is 0 Å². The van der Waals surface area contributed by atoms with Crippen LogP contribution in [0.5, 0.6) is 0 Å². The van der Waals surface area contributed by atoms with Crippen LogP contribution in [0.15, 0.2) is 48.6 Å². The van der Waals surface area contributed by atoms with Crippen LogP contribution >= 0.6 is 0 Å². The van der Waals surface area contributed by atoms with Crippen molar-refractivity contribution in [1.29, 1.82) is 0 Å². The Morgan fingerprint density at radius 2 is 1.62 bits per heavy atom. The van der Waals surface area contributed by atoms with Gasteiger partial charge in [0.05, 0.1) is 13.2 Å². The van der Waals surface area contributed by atoms with E-state index in [9.17, 15) is 9.59 Å². The van der Waals surface area contributed by atoms with E-state index >= 15 is 0 Å². The van der Waals surface area contributed by atoms with E-state index in [1.165, 1.54) is 11.1 Å². The summed E-state index contributed by atoms with van der Waals surface area (Å²) < 4.78 is 10.5. The number of carbonyl (C=O) groups excluding carboxylic acids is 2. The average molecular weight is 354 g/mol. The Morgan fingerprint density at radius 3 is 2.23 bits per heavy atom. The van der Waals surface area contributed by atoms with Crippen LogP contribution < -0.4 is 0 Å². The second-order valence-electron chi connectivity index (χ2n) is 6.95. The van der Waals surface area contributed by atoms with Gasteiger partial charge < -0.3 is 9.47 Å². The van der Waals surface area contributed by atoms with Crippen LogP contribution in [-0.2, 0) is 19.1 Å². The van der Waals surface area contributed by atoms with Gasteiger partial charge in [0.15, 0.2) is 5.41 Å². The van der Waals surface area contributed by atoms with Gasteiger partial charge in [-0.1, -0.05) is 48.6 Å². The molecule has 0 heterocycles. The first-order valence-electron chi connectivity index (χ1n) is 9.38. The van der Waals surface area contributed by atoms with Crippen molar-refractivity contribution < 1.29 is 19.1 Å². The number of allylic oxidation sites excluding steroid dienone is 4. The highest BCUT2D eigenvalue weighted by Gasteiger charge is 2.56. The van der Waals surface area contributed by atoms with Crippen molar-refractivity contribution in [3.05, 3.63) is 54.1 Å². The Labute approximate surface area is 154 Å². The van der Waals surface area contributed by atoms with E-state index in [0.717, 1.165) is 6.42 Å². The van der Waals surface area contributed by atoms with Gasteiger partial charge in [0.2, 0.25) is 0 Å². The SMILES string of the molecule is CCOC(=O)C1(C(=O)OCC)C[C@H]2C=CCC(c3ccccc3)=C[C@@H]2C1. The van der Waals surface area contributed by atoms with Crippen molar-refractivity contribution in [1.82, 2.24) is 0 Å². The number of carbonyl (C=O) groups is 2. The van der Waals surface area contributed by atoms with Crippen molar-refractivity contribution in [3.8, 4) is 0 Å². The largest absolute Gasteiger partial charge is 0.465 e. The minimum absolute atomic E-state index is 0.123. The van der Waals surface area contributed by atoms with E-state index in [1.54, 1.807) is 13.8 Å². The minimum Gasteiger partial charge on any atom is -0.465 e. The third-order valence-electron chi connectivity index (χ3n) is 5.33. The van der Waals surface area contributed by atoms with Gasteiger partial charge in [-0.2, -0.15) is 0 Å². The molecule has 2 atom stereocenters. The number of hydrogen-bond donors (Lipinski definition) is 0. The molecule has 0 radical (unpaired) electrons. The molecule has 26 heavy (non-hydrogen) atoms. The standard InChI is InChI=1S/C22H26O4/c1-3-25-20(23)22(21(24)26-4-2)14-18-12-8-11-17(13-19(18)15-22)16-9-6-5-7-10-16/h5-10,12-13,18-19H,3-4,11,14-15H2,1-2H3/t18-,19-/m1/s1. The summed E-state index contributed by atoms with van der Waals surface area (Å²) in [4.78, 5) is 25.4. The minimum atomic E-state index is -1.19. The molecule has 1 aromatic rings. The molecule has 138 valence electrons. The van der Waals surface area contributed by atoms with Crippen molar-refractivity contribution >= 4 is 17.5 Å². The summed E-state index contributed by atoms with van der Waals surface area (Å²) in [6.07, 6.45) is 8.29. The Bertz CT molecular complexity index is 699. The Kier molecular flexibility index (Phi) is 5.60. The van der Waals surface area contributed by atoms with Gasteiger partial charge in [-0.3, -0.25) is 9.59 Å². The molecule has 3 rings (SSSR count). The quantitative estimate of drug-likeness (QED) is 0.452. The molecule has 0 aliphatic heterocycles. The van der Waals surface area contributed by atoms with Gasteiger partial charge in [-0.15, -0.1) is 0 Å². The average Bonchev–Trinajstić information content (AvgIpc) is 2.91. The highest BCUT2D eigenvalue weighted by Crippen LogP contribution is 2.50. The highest BCUT2D eigenvalue weighted by molar-refractivity contribution is 6.00. The number of rotatable bonds is 5. The monoisotopic (exact) mass is 354 g/mol. The maximum Gasteiger partial charge on any atom is 0.323 e. The fourth-order valence-electron chi connectivity index (χ4n) is 4.10. The number of benzene rings is 1. The van der Waals surface area contributed by atoms with E-state index in [0.29, 0.717) is 12.8 Å². The molecule has 0 amide bonds. The van der Waals surface area contributed by atoms with Gasteiger partial charge in [0, 0.05) is 0 Å². The number of ether oxygens (including phenoxy) is 2. The fourth-order valence-corrected chi connectivity index (χ4v) is 4.10. The predicted molar refractivity (Wildman–Crippen MR) is 100 cm³/mol. The zero-order valence-corrected chi connectivity index (χ0v) is 15.4. The summed E-state index contributed by atoms with van der Waals surface area (Å²) >= 11 is 0. The zero-order valence-electron chi connectivity index (χ0n) is 15.4. The molecule has 1 fully saturated rings. The van der Waals surface area contributed by atoms with Crippen LogP contribution in [0.1, 0.15) is 38.7 Å². The van der Waals surface area contributed by atoms with Crippen molar-refractivity contribution in [2.24, 2.45) is 17.3 Å². The first-order chi connectivity index (χ1) is 12.6. The van der Waals surface area contributed by atoms with Crippen LogP contribution in [0.4, 0.5) is 0 Å². The first-order valence-corrected chi connectivity index (χ1v) is 9.38. The van der Waals surface area contributed by atoms with E-state index < -0.39 is 17.4 Å². The summed E-state index contributed by atoms with van der Waals surface area (Å²) in [5.41, 5.74) is 1.22. The van der Waals surface area contributed by atoms with Crippen LogP contribution in [0.25, 0.3) is 5.57 Å². The molecule has 0 spiro atoms. The lowest BCUT2D eigenvalue weighted by Gasteiger charge is -2.24. The Hall–Kier alpha value is -2.36. The molecule has 2 aliphatic rings. The molecule has 1 saturated carbocycles. The molecule has 0 saturated heterocycles. The van der Waals surface area contributed by atoms with E-state index in [4.69, 9.17) is 9.47 Å². The summed E-state index contributed by atoms with van der Waals surface area (Å²) in [5, 5.41) is 0. The fraction of sp³-hybridized carbons (Fsp3) is 0.455. The molecule has 0 N–H and O–H groups in total. The van der Waals surface area contributed by atoms with E-state index in [-0.39, 0.29) is 25.0 Å². The molecular weight excluding hydrogens is 328 g/mol. The zero-order chi connectivity index (χ0) is 18.6. The van der Waals surface area contributed by atoms with E-state index in [2.05, 4.69) is 30.4 Å².